The molecular formula is C5H7BrN6OS. The van der Waals surface area contributed by atoms with Gasteiger partial charge in [-0.15, -0.1) is 5.10 Å². The third-order valence-electron chi connectivity index (χ3n) is 1.30. The van der Waals surface area contributed by atoms with Crippen LogP contribution in [0.2, 0.25) is 0 Å². The Bertz CT molecular complexity index is 357. The summed E-state index contributed by atoms with van der Waals surface area (Å²) in [6, 6.07) is 0. The fraction of sp³-hybridized carbons (Fsp3) is 0.200. The quantitative estimate of drug-likeness (QED) is 0.453. The van der Waals surface area contributed by atoms with E-state index in [1.807, 2.05) is 0 Å². The molecule has 1 aromatic rings. The number of amides is 1. The average molecular weight is 279 g/mol. The van der Waals surface area contributed by atoms with Gasteiger partial charge in [0.05, 0.1) is 0 Å². The van der Waals surface area contributed by atoms with Gasteiger partial charge in [0.2, 0.25) is 0 Å². The van der Waals surface area contributed by atoms with Crippen LogP contribution >= 0.6 is 28.1 Å². The molecule has 9 heteroatoms. The second-order valence-corrected chi connectivity index (χ2v) is 3.49. The summed E-state index contributed by atoms with van der Waals surface area (Å²) in [5, 5.41) is 7.25. The Morgan fingerprint density at radius 1 is 1.64 bits per heavy atom. The van der Waals surface area contributed by atoms with E-state index in [9.17, 15) is 4.79 Å². The lowest BCUT2D eigenvalue weighted by molar-refractivity contribution is 0.0933. The van der Waals surface area contributed by atoms with E-state index in [1.165, 1.54) is 4.68 Å². The number of nitrogens with one attached hydrogen (secondary N) is 2. The van der Waals surface area contributed by atoms with Gasteiger partial charge in [-0.05, 0) is 28.1 Å². The minimum Gasteiger partial charge on any atom is -0.375 e. The van der Waals surface area contributed by atoms with Gasteiger partial charge in [-0.2, -0.15) is 0 Å². The van der Waals surface area contributed by atoms with Crippen LogP contribution < -0.4 is 16.6 Å². The molecule has 14 heavy (non-hydrogen) atoms. The summed E-state index contributed by atoms with van der Waals surface area (Å²) in [5.41, 5.74) is 9.99. The van der Waals surface area contributed by atoms with Crippen LogP contribution in [0, 0.1) is 0 Å². The van der Waals surface area contributed by atoms with Crippen molar-refractivity contribution in [1.29, 1.82) is 0 Å². The first-order chi connectivity index (χ1) is 6.52. The normalized spacial score (nSPS) is 9.57. The Hall–Kier alpha value is -1.22. The van der Waals surface area contributed by atoms with Gasteiger partial charge in [0, 0.05) is 7.05 Å². The standard InChI is InChI=1S/C5H7BrN6OS/c1-12-2(3(6)8-11-12)4(13)9-10-5(7)14/h1H3,(H,9,13)(H3,7,10,14). The highest BCUT2D eigenvalue weighted by Gasteiger charge is 2.16. The molecule has 0 aliphatic rings. The van der Waals surface area contributed by atoms with Crippen molar-refractivity contribution < 1.29 is 4.79 Å². The van der Waals surface area contributed by atoms with Crippen molar-refractivity contribution in [3.05, 3.63) is 10.3 Å². The maximum absolute atomic E-state index is 11.4. The van der Waals surface area contributed by atoms with Crippen LogP contribution in [-0.2, 0) is 7.05 Å². The van der Waals surface area contributed by atoms with Crippen molar-refractivity contribution in [1.82, 2.24) is 25.8 Å². The zero-order valence-electron chi connectivity index (χ0n) is 7.11. The van der Waals surface area contributed by atoms with E-state index in [0.29, 0.717) is 4.60 Å². The fourth-order valence-electron chi connectivity index (χ4n) is 0.750. The number of halogens is 1. The summed E-state index contributed by atoms with van der Waals surface area (Å²) in [6.07, 6.45) is 0. The number of thiocarbonyl (C=S) groups is 1. The molecule has 1 aromatic heterocycles. The zero-order chi connectivity index (χ0) is 10.7. The van der Waals surface area contributed by atoms with Crippen LogP contribution in [0.15, 0.2) is 4.60 Å². The smallest absolute Gasteiger partial charge is 0.290 e. The zero-order valence-corrected chi connectivity index (χ0v) is 9.52. The third-order valence-corrected chi connectivity index (χ3v) is 1.94. The van der Waals surface area contributed by atoms with Gasteiger partial charge in [0.25, 0.3) is 5.91 Å². The summed E-state index contributed by atoms with van der Waals surface area (Å²) in [6.45, 7) is 0. The van der Waals surface area contributed by atoms with Gasteiger partial charge in [-0.3, -0.25) is 15.6 Å². The first-order valence-corrected chi connectivity index (χ1v) is 4.63. The molecular weight excluding hydrogens is 272 g/mol. The molecule has 0 spiro atoms. The molecule has 0 aromatic carbocycles. The predicted octanol–water partition coefficient (Wildman–Crippen LogP) is -0.944. The number of carbonyl (C=O) groups is 1. The summed E-state index contributed by atoms with van der Waals surface area (Å²) in [5.74, 6) is -0.433. The highest BCUT2D eigenvalue weighted by atomic mass is 79.9. The number of aryl methyl sites for hydroxylation is 1. The van der Waals surface area contributed by atoms with Crippen LogP contribution in [0.25, 0.3) is 0 Å². The first-order valence-electron chi connectivity index (χ1n) is 3.43. The molecule has 1 rings (SSSR count). The van der Waals surface area contributed by atoms with E-state index < -0.39 is 5.91 Å². The molecule has 0 saturated carbocycles. The molecule has 0 aliphatic carbocycles. The summed E-state index contributed by atoms with van der Waals surface area (Å²) in [4.78, 5) is 11.4. The highest BCUT2D eigenvalue weighted by molar-refractivity contribution is 9.10. The number of nitrogens with zero attached hydrogens (tertiary/aromatic N) is 3. The molecule has 1 amide bonds. The first kappa shape index (κ1) is 10.9. The molecule has 0 aliphatic heterocycles. The summed E-state index contributed by atoms with van der Waals surface area (Å²) in [7, 11) is 1.59. The lowest BCUT2D eigenvalue weighted by Gasteiger charge is -2.05. The van der Waals surface area contributed by atoms with Gasteiger partial charge >= 0.3 is 0 Å². The van der Waals surface area contributed by atoms with E-state index >= 15 is 0 Å². The Morgan fingerprint density at radius 3 is 2.71 bits per heavy atom. The average Bonchev–Trinajstić information content (AvgIpc) is 2.42. The van der Waals surface area contributed by atoms with Gasteiger partial charge in [0.15, 0.2) is 15.4 Å². The molecule has 4 N–H and O–H groups in total. The number of hydrogen-bond donors (Lipinski definition) is 3. The second-order valence-electron chi connectivity index (χ2n) is 2.30. The van der Waals surface area contributed by atoms with Gasteiger partial charge in [0.1, 0.15) is 0 Å². The molecule has 0 unspecified atom stereocenters. The van der Waals surface area contributed by atoms with Crippen molar-refractivity contribution in [3.8, 4) is 0 Å². The summed E-state index contributed by atoms with van der Waals surface area (Å²) < 4.78 is 1.67. The number of aromatic nitrogens is 3. The maximum atomic E-state index is 11.4. The van der Waals surface area contributed by atoms with E-state index in [1.54, 1.807) is 7.05 Å². The minimum atomic E-state index is -0.433. The van der Waals surface area contributed by atoms with E-state index in [-0.39, 0.29) is 10.8 Å². The van der Waals surface area contributed by atoms with Crippen molar-refractivity contribution >= 4 is 39.2 Å². The molecule has 1 heterocycles. The summed E-state index contributed by atoms with van der Waals surface area (Å²) >= 11 is 7.59. The minimum absolute atomic E-state index is 0.0235. The molecule has 7 nitrogen and oxygen atoms in total. The molecule has 76 valence electrons. The van der Waals surface area contributed by atoms with E-state index in [4.69, 9.17) is 5.73 Å². The Labute approximate surface area is 93.1 Å². The van der Waals surface area contributed by atoms with Gasteiger partial charge < -0.3 is 5.73 Å². The monoisotopic (exact) mass is 278 g/mol. The molecule has 0 saturated heterocycles. The topological polar surface area (TPSA) is 97.9 Å². The second kappa shape index (κ2) is 4.33. The number of nitrogens with two attached hydrogens (primary N) is 1. The Balaban J connectivity index is 2.74. The van der Waals surface area contributed by atoms with E-state index in [2.05, 4.69) is 49.3 Å². The number of carbonyl (C=O) groups excluding carboxylic acids is 1. The number of hydrazine groups is 1. The van der Waals surface area contributed by atoms with Crippen LogP contribution in [0.4, 0.5) is 0 Å². The number of hydrogen-bond acceptors (Lipinski definition) is 4. The lowest BCUT2D eigenvalue weighted by atomic mass is 10.4. The third kappa shape index (κ3) is 2.39. The van der Waals surface area contributed by atoms with Crippen LogP contribution in [0.5, 0.6) is 0 Å². The van der Waals surface area contributed by atoms with E-state index in [0.717, 1.165) is 0 Å². The SMILES string of the molecule is Cn1nnc(Br)c1C(=O)NNC(N)=S. The highest BCUT2D eigenvalue weighted by Crippen LogP contribution is 2.10. The molecule has 0 radical (unpaired) electrons. The van der Waals surface area contributed by atoms with Gasteiger partial charge in [-0.25, -0.2) is 4.68 Å². The fourth-order valence-corrected chi connectivity index (χ4v) is 1.31. The van der Waals surface area contributed by atoms with Crippen LogP contribution in [0.1, 0.15) is 10.5 Å². The van der Waals surface area contributed by atoms with Crippen molar-refractivity contribution in [2.75, 3.05) is 0 Å². The predicted molar refractivity (Wildman–Crippen MR) is 56.1 cm³/mol. The van der Waals surface area contributed by atoms with Crippen molar-refractivity contribution in [2.45, 2.75) is 0 Å². The molecule has 0 atom stereocenters. The van der Waals surface area contributed by atoms with Crippen LogP contribution in [0.3, 0.4) is 0 Å². The Kier molecular flexibility index (Phi) is 3.36. The van der Waals surface area contributed by atoms with Crippen LogP contribution in [-0.4, -0.2) is 26.0 Å². The maximum Gasteiger partial charge on any atom is 0.290 e. The molecule has 0 fully saturated rings. The van der Waals surface area contributed by atoms with Crippen molar-refractivity contribution in [3.63, 3.8) is 0 Å². The van der Waals surface area contributed by atoms with Crippen molar-refractivity contribution in [2.24, 2.45) is 12.8 Å². The molecule has 0 bridgehead atoms. The largest absolute Gasteiger partial charge is 0.375 e. The Morgan fingerprint density at radius 2 is 2.29 bits per heavy atom. The lowest BCUT2D eigenvalue weighted by Crippen LogP contribution is -2.44. The number of rotatable bonds is 1. The van der Waals surface area contributed by atoms with Gasteiger partial charge in [-0.1, -0.05) is 5.21 Å².